The van der Waals surface area contributed by atoms with Gasteiger partial charge in [-0.1, -0.05) is 26.0 Å². The number of hydrogen-bond acceptors (Lipinski definition) is 5. The number of carbonyl (C=O) groups is 1. The van der Waals surface area contributed by atoms with Crippen molar-refractivity contribution in [1.82, 2.24) is 0 Å². The Morgan fingerprint density at radius 1 is 1.07 bits per heavy atom. The van der Waals surface area contributed by atoms with Crippen LogP contribution in [0.3, 0.4) is 0 Å². The van der Waals surface area contributed by atoms with Crippen LogP contribution in [0.25, 0.3) is 0 Å². The number of nitrogens with two attached hydrogens (primary N) is 1. The van der Waals surface area contributed by atoms with Crippen LogP contribution in [0.15, 0.2) is 41.3 Å². The Labute approximate surface area is 238 Å². The van der Waals surface area contributed by atoms with Crippen molar-refractivity contribution in [3.8, 4) is 6.07 Å². The lowest BCUT2D eigenvalue weighted by molar-refractivity contribution is -0.140. The fourth-order valence-electron chi connectivity index (χ4n) is 7.98. The molecule has 6 rings (SSSR count). The molecule has 41 heavy (non-hydrogen) atoms. The molecule has 0 heterocycles. The summed E-state index contributed by atoms with van der Waals surface area (Å²) in [6.45, 7) is 3.58. The minimum Gasteiger partial charge on any atom is -0.366 e. The number of alkyl halides is 3. The minimum atomic E-state index is -4.88. The maximum absolute atomic E-state index is 14.7. The van der Waals surface area contributed by atoms with E-state index in [0.717, 1.165) is 31.4 Å². The number of hydrogen-bond donors (Lipinski definition) is 2. The lowest BCUT2D eigenvalue weighted by Gasteiger charge is -2.60. The second-order valence-corrected chi connectivity index (χ2v) is 17.0. The molecule has 220 valence electrons. The van der Waals surface area contributed by atoms with Gasteiger partial charge in [-0.05, 0) is 79.7 Å². The molecule has 0 aromatic heterocycles. The zero-order valence-electron chi connectivity index (χ0n) is 22.9. The topological polar surface area (TPSA) is 130 Å². The summed E-state index contributed by atoms with van der Waals surface area (Å²) in [5.74, 6) is -1.73. The van der Waals surface area contributed by atoms with E-state index in [1.54, 1.807) is 13.8 Å². The van der Waals surface area contributed by atoms with Gasteiger partial charge in [0, 0.05) is 23.0 Å². The molecule has 2 aromatic rings. The van der Waals surface area contributed by atoms with Gasteiger partial charge in [0.1, 0.15) is 7.14 Å². The van der Waals surface area contributed by atoms with Crippen molar-refractivity contribution in [1.29, 1.82) is 5.26 Å². The number of nitrogens with zero attached hydrogens (tertiary/aromatic N) is 1. The Kier molecular flexibility index (Phi) is 7.35. The van der Waals surface area contributed by atoms with E-state index >= 15 is 0 Å². The lowest BCUT2D eigenvalue weighted by atomic mass is 9.43. The number of carbonyl (C=O) groups excluding carboxylic acids is 1. The molecule has 0 radical (unpaired) electrons. The molecule has 0 aliphatic heterocycles. The summed E-state index contributed by atoms with van der Waals surface area (Å²) >= 11 is 0. The minimum absolute atomic E-state index is 0.102. The highest BCUT2D eigenvalue weighted by Crippen LogP contribution is 2.65. The zero-order valence-corrected chi connectivity index (χ0v) is 24.6. The van der Waals surface area contributed by atoms with Crippen LogP contribution in [0, 0.1) is 35.0 Å². The first kappa shape index (κ1) is 29.7. The predicted molar refractivity (Wildman–Crippen MR) is 150 cm³/mol. The summed E-state index contributed by atoms with van der Waals surface area (Å²) < 4.78 is 86.8. The molecular weight excluding hydrogens is 574 g/mol. The number of halogens is 3. The molecule has 4 saturated carbocycles. The molecule has 3 unspecified atom stereocenters. The van der Waals surface area contributed by atoms with Crippen LogP contribution in [0.4, 0.5) is 18.9 Å². The molecule has 4 aliphatic rings. The highest BCUT2D eigenvalue weighted by molar-refractivity contribution is 7.92. The number of nitrogens with one attached hydrogen (secondary N) is 1. The monoisotopic (exact) mass is 607 g/mol. The van der Waals surface area contributed by atoms with E-state index in [1.807, 2.05) is 0 Å². The van der Waals surface area contributed by atoms with Crippen molar-refractivity contribution < 1.29 is 30.9 Å². The summed E-state index contributed by atoms with van der Waals surface area (Å²) in [6.07, 6.45) is -1.12. The third-order valence-electron chi connectivity index (χ3n) is 9.60. The van der Waals surface area contributed by atoms with E-state index in [1.165, 1.54) is 24.3 Å². The number of primary amides is 1. The third-order valence-corrected chi connectivity index (χ3v) is 14.2. The Hall–Kier alpha value is -2.83. The fourth-order valence-corrected chi connectivity index (χ4v) is 10.9. The van der Waals surface area contributed by atoms with E-state index in [-0.39, 0.29) is 33.8 Å². The van der Waals surface area contributed by atoms with Crippen LogP contribution >= 0.6 is 7.14 Å². The van der Waals surface area contributed by atoms with Crippen molar-refractivity contribution in [3.63, 3.8) is 0 Å². The normalized spacial score (nSPS) is 27.4. The molecule has 0 spiro atoms. The largest absolute Gasteiger partial charge is 0.416 e. The average Bonchev–Trinajstić information content (AvgIpc) is 2.91. The summed E-state index contributed by atoms with van der Waals surface area (Å²) in [5, 5.41) is 10.8. The number of sulfonamides is 1. The molecule has 12 heteroatoms. The van der Waals surface area contributed by atoms with Gasteiger partial charge in [0.05, 0.1) is 33.7 Å². The summed E-state index contributed by atoms with van der Waals surface area (Å²) in [7, 11) is -7.22. The van der Waals surface area contributed by atoms with Crippen LogP contribution < -0.4 is 15.8 Å². The number of anilines is 1. The lowest BCUT2D eigenvalue weighted by Crippen LogP contribution is -2.55. The van der Waals surface area contributed by atoms with Crippen LogP contribution in [0.2, 0.25) is 0 Å². The SMILES string of the molecule is CCP(=O)(CC)c1ccc(S(=O)(=O)Nc2c(C(N)=O)ccc(C(F)(F)F)c2C23CC4CC(CC(C4)C2C#N)C3)cc1. The average molecular weight is 608 g/mol. The molecule has 4 aliphatic carbocycles. The van der Waals surface area contributed by atoms with Gasteiger partial charge in [-0.15, -0.1) is 0 Å². The second-order valence-electron chi connectivity index (χ2n) is 11.8. The van der Waals surface area contributed by atoms with Crippen LogP contribution in [0.5, 0.6) is 0 Å². The summed E-state index contributed by atoms with van der Waals surface area (Å²) in [5.41, 5.74) is 2.01. The first-order chi connectivity index (χ1) is 19.2. The molecule has 0 saturated heterocycles. The van der Waals surface area contributed by atoms with E-state index in [2.05, 4.69) is 10.8 Å². The van der Waals surface area contributed by atoms with Crippen molar-refractivity contribution in [2.45, 2.75) is 62.4 Å². The zero-order chi connectivity index (χ0) is 30.0. The van der Waals surface area contributed by atoms with Gasteiger partial charge in [-0.25, -0.2) is 8.42 Å². The maximum atomic E-state index is 14.7. The molecule has 4 bridgehead atoms. The van der Waals surface area contributed by atoms with Gasteiger partial charge in [0.25, 0.3) is 15.9 Å². The standard InChI is InChI=1S/C29H33F3N3O4PS/c1-3-40(37,4-2)20-5-7-21(8-6-20)41(38,39)35-26-22(27(34)36)9-10-23(29(30,31)32)25(26)28-14-17-11-18(15-28)13-19(12-17)24(28)16-33/h5-10,17-19,24,35H,3-4,11-15H2,1-2H3,(H2,34,36). The van der Waals surface area contributed by atoms with Crippen LogP contribution in [-0.4, -0.2) is 26.6 Å². The van der Waals surface area contributed by atoms with Gasteiger partial charge in [0.15, 0.2) is 0 Å². The van der Waals surface area contributed by atoms with Gasteiger partial charge in [-0.3, -0.25) is 9.52 Å². The van der Waals surface area contributed by atoms with E-state index < -0.39 is 51.8 Å². The molecule has 4 fully saturated rings. The van der Waals surface area contributed by atoms with Gasteiger partial charge >= 0.3 is 6.18 Å². The highest BCUT2D eigenvalue weighted by Gasteiger charge is 2.60. The van der Waals surface area contributed by atoms with Crippen molar-refractivity contribution >= 4 is 34.1 Å². The van der Waals surface area contributed by atoms with Gasteiger partial charge < -0.3 is 10.3 Å². The van der Waals surface area contributed by atoms with E-state index in [9.17, 15) is 36.2 Å². The van der Waals surface area contributed by atoms with Crippen molar-refractivity contribution in [3.05, 3.63) is 53.1 Å². The molecular formula is C29H33F3N3O4PS. The Balaban J connectivity index is 1.71. The van der Waals surface area contributed by atoms with Crippen LogP contribution in [-0.2, 0) is 26.2 Å². The fraction of sp³-hybridized carbons (Fsp3) is 0.517. The van der Waals surface area contributed by atoms with Gasteiger partial charge in [0.2, 0.25) is 0 Å². The molecule has 2 aromatic carbocycles. The third kappa shape index (κ3) is 4.87. The highest BCUT2D eigenvalue weighted by atomic mass is 32.2. The Morgan fingerprint density at radius 3 is 2.15 bits per heavy atom. The number of rotatable bonds is 8. The Bertz CT molecular complexity index is 1560. The predicted octanol–water partition coefficient (Wildman–Crippen LogP) is 5.85. The van der Waals surface area contributed by atoms with Gasteiger partial charge in [-0.2, -0.15) is 18.4 Å². The quantitative estimate of drug-likeness (QED) is 0.364. The smallest absolute Gasteiger partial charge is 0.366 e. The van der Waals surface area contributed by atoms with Crippen LogP contribution in [0.1, 0.15) is 67.4 Å². The Morgan fingerprint density at radius 2 is 1.66 bits per heavy atom. The maximum Gasteiger partial charge on any atom is 0.416 e. The second kappa shape index (κ2) is 10.2. The number of nitriles is 1. The first-order valence-electron chi connectivity index (χ1n) is 13.8. The number of benzene rings is 2. The van der Waals surface area contributed by atoms with E-state index in [4.69, 9.17) is 5.73 Å². The first-order valence-corrected chi connectivity index (χ1v) is 17.4. The van der Waals surface area contributed by atoms with Crippen molar-refractivity contribution in [2.75, 3.05) is 17.0 Å². The van der Waals surface area contributed by atoms with E-state index in [0.29, 0.717) is 30.5 Å². The molecule has 1 amide bonds. The van der Waals surface area contributed by atoms with Crippen molar-refractivity contribution in [2.24, 2.45) is 29.4 Å². The molecule has 3 atom stereocenters. The molecule has 3 N–H and O–H groups in total. The number of amides is 1. The molecule has 7 nitrogen and oxygen atoms in total. The summed E-state index contributed by atoms with van der Waals surface area (Å²) in [4.78, 5) is 12.3. The summed E-state index contributed by atoms with van der Waals surface area (Å²) in [6, 6.07) is 9.38.